The molecule has 0 saturated heterocycles. The van der Waals surface area contributed by atoms with Crippen molar-refractivity contribution in [2.24, 2.45) is 0 Å². The molecular formula is C10H5ClF4N2. The van der Waals surface area contributed by atoms with Gasteiger partial charge in [-0.1, -0.05) is 23.7 Å². The summed E-state index contributed by atoms with van der Waals surface area (Å²) in [6.07, 6.45) is -4.61. The van der Waals surface area contributed by atoms with Gasteiger partial charge in [-0.25, -0.2) is 9.07 Å². The Morgan fingerprint density at radius 1 is 1.18 bits per heavy atom. The molecule has 0 aliphatic rings. The third-order valence-electron chi connectivity index (χ3n) is 2.04. The van der Waals surface area contributed by atoms with E-state index in [9.17, 15) is 17.6 Å². The van der Waals surface area contributed by atoms with E-state index < -0.39 is 17.7 Å². The molecule has 1 aromatic heterocycles. The Labute approximate surface area is 98.4 Å². The summed E-state index contributed by atoms with van der Waals surface area (Å²) in [6.45, 7) is 0. The number of hydrogen-bond acceptors (Lipinski definition) is 1. The van der Waals surface area contributed by atoms with E-state index in [1.165, 1.54) is 18.2 Å². The minimum absolute atomic E-state index is 0.131. The van der Waals surface area contributed by atoms with Gasteiger partial charge < -0.3 is 0 Å². The van der Waals surface area contributed by atoms with Crippen LogP contribution in [0.5, 0.6) is 0 Å². The van der Waals surface area contributed by atoms with Gasteiger partial charge in [0.1, 0.15) is 16.7 Å². The maximum absolute atomic E-state index is 13.4. The largest absolute Gasteiger partial charge is 0.435 e. The Hall–Kier alpha value is -1.56. The lowest BCUT2D eigenvalue weighted by molar-refractivity contribution is -0.141. The lowest BCUT2D eigenvalue weighted by Crippen LogP contribution is -2.07. The molecule has 0 saturated carbocycles. The van der Waals surface area contributed by atoms with Gasteiger partial charge in [0.25, 0.3) is 0 Å². The highest BCUT2D eigenvalue weighted by molar-refractivity contribution is 6.29. The molecule has 17 heavy (non-hydrogen) atoms. The van der Waals surface area contributed by atoms with Crippen LogP contribution in [-0.4, -0.2) is 9.78 Å². The molecule has 1 heterocycles. The van der Waals surface area contributed by atoms with Crippen LogP contribution < -0.4 is 0 Å². The summed E-state index contributed by atoms with van der Waals surface area (Å²) in [5.74, 6) is -0.703. The monoisotopic (exact) mass is 264 g/mol. The second kappa shape index (κ2) is 4.03. The van der Waals surface area contributed by atoms with Crippen molar-refractivity contribution in [3.05, 3.63) is 47.0 Å². The number of nitrogens with zero attached hydrogens (tertiary/aromatic N) is 2. The van der Waals surface area contributed by atoms with Crippen LogP contribution >= 0.6 is 11.6 Å². The van der Waals surface area contributed by atoms with Crippen molar-refractivity contribution in [2.75, 3.05) is 0 Å². The molecule has 0 aliphatic carbocycles. The number of benzene rings is 1. The predicted molar refractivity (Wildman–Crippen MR) is 53.5 cm³/mol. The molecule has 2 aromatic rings. The number of alkyl halides is 3. The summed E-state index contributed by atoms with van der Waals surface area (Å²) in [6, 6.07) is 5.94. The third kappa shape index (κ3) is 2.26. The lowest BCUT2D eigenvalue weighted by atomic mass is 10.3. The predicted octanol–water partition coefficient (Wildman–Crippen LogP) is 3.68. The van der Waals surface area contributed by atoms with Crippen molar-refractivity contribution in [3.63, 3.8) is 0 Å². The fraction of sp³-hybridized carbons (Fsp3) is 0.100. The van der Waals surface area contributed by atoms with Gasteiger partial charge >= 0.3 is 6.18 Å². The minimum atomic E-state index is -4.61. The zero-order valence-corrected chi connectivity index (χ0v) is 8.93. The highest BCUT2D eigenvalue weighted by Gasteiger charge is 2.35. The van der Waals surface area contributed by atoms with Gasteiger partial charge in [-0.2, -0.15) is 18.3 Å². The third-order valence-corrected chi connectivity index (χ3v) is 2.31. The summed E-state index contributed by atoms with van der Waals surface area (Å²) in [4.78, 5) is 0. The van der Waals surface area contributed by atoms with Gasteiger partial charge in [0.15, 0.2) is 5.69 Å². The van der Waals surface area contributed by atoms with Crippen LogP contribution in [0.15, 0.2) is 30.3 Å². The van der Waals surface area contributed by atoms with Crippen molar-refractivity contribution in [1.29, 1.82) is 0 Å². The number of aromatic nitrogens is 2. The maximum atomic E-state index is 13.4. The number of rotatable bonds is 1. The average Bonchev–Trinajstić information content (AvgIpc) is 2.61. The van der Waals surface area contributed by atoms with Crippen LogP contribution in [0, 0.1) is 5.82 Å². The SMILES string of the molecule is Fc1ccccc1-n1nc(C(F)(F)F)cc1Cl. The second-order valence-corrected chi connectivity index (χ2v) is 3.60. The summed E-state index contributed by atoms with van der Waals surface area (Å²) < 4.78 is 51.2. The standard InChI is InChI=1S/C10H5ClF4N2/c11-9-5-8(10(13,14)15)16-17(9)7-4-2-1-3-6(7)12/h1-5H. The molecule has 0 fully saturated rings. The van der Waals surface area contributed by atoms with Crippen LogP contribution in [-0.2, 0) is 6.18 Å². The van der Waals surface area contributed by atoms with Crippen molar-refractivity contribution in [3.8, 4) is 5.69 Å². The molecule has 0 spiro atoms. The smallest absolute Gasteiger partial charge is 0.219 e. The molecule has 7 heteroatoms. The van der Waals surface area contributed by atoms with E-state index in [2.05, 4.69) is 5.10 Å². The van der Waals surface area contributed by atoms with Crippen LogP contribution in [0.2, 0.25) is 5.15 Å². The first-order valence-corrected chi connectivity index (χ1v) is 4.85. The van der Waals surface area contributed by atoms with E-state index in [0.717, 1.165) is 6.07 Å². The average molecular weight is 265 g/mol. The van der Waals surface area contributed by atoms with Crippen LogP contribution in [0.1, 0.15) is 5.69 Å². The molecule has 0 N–H and O–H groups in total. The minimum Gasteiger partial charge on any atom is -0.219 e. The zero-order valence-electron chi connectivity index (χ0n) is 8.17. The summed E-state index contributed by atoms with van der Waals surface area (Å²) in [7, 11) is 0. The Bertz CT molecular complexity index is 547. The Balaban J connectivity index is 2.55. The summed E-state index contributed by atoms with van der Waals surface area (Å²) in [5, 5.41) is 2.93. The molecule has 0 bridgehead atoms. The molecule has 0 unspecified atom stereocenters. The molecule has 1 aromatic carbocycles. The first-order valence-electron chi connectivity index (χ1n) is 4.47. The van der Waals surface area contributed by atoms with Gasteiger partial charge in [0.2, 0.25) is 0 Å². The normalized spacial score (nSPS) is 11.8. The quantitative estimate of drug-likeness (QED) is 0.719. The summed E-state index contributed by atoms with van der Waals surface area (Å²) >= 11 is 5.59. The highest BCUT2D eigenvalue weighted by Crippen LogP contribution is 2.31. The second-order valence-electron chi connectivity index (χ2n) is 3.21. The topological polar surface area (TPSA) is 17.8 Å². The summed E-state index contributed by atoms with van der Waals surface area (Å²) in [5.41, 5.74) is -1.29. The Morgan fingerprint density at radius 2 is 1.82 bits per heavy atom. The first-order chi connectivity index (χ1) is 7.89. The van der Waals surface area contributed by atoms with E-state index >= 15 is 0 Å². The highest BCUT2D eigenvalue weighted by atomic mass is 35.5. The molecule has 0 atom stereocenters. The van der Waals surface area contributed by atoms with Crippen molar-refractivity contribution < 1.29 is 17.6 Å². The molecule has 0 amide bonds. The van der Waals surface area contributed by atoms with Crippen molar-refractivity contribution in [2.45, 2.75) is 6.18 Å². The van der Waals surface area contributed by atoms with Crippen LogP contribution in [0.25, 0.3) is 5.69 Å². The van der Waals surface area contributed by atoms with Gasteiger partial charge in [0, 0.05) is 6.07 Å². The van der Waals surface area contributed by atoms with Crippen molar-refractivity contribution in [1.82, 2.24) is 9.78 Å². The molecule has 2 nitrogen and oxygen atoms in total. The fourth-order valence-electron chi connectivity index (χ4n) is 1.29. The molecule has 0 aliphatic heterocycles. The fourth-order valence-corrected chi connectivity index (χ4v) is 1.52. The van der Waals surface area contributed by atoms with E-state index in [1.54, 1.807) is 0 Å². The molecule has 90 valence electrons. The molecule has 0 radical (unpaired) electrons. The Kier molecular flexibility index (Phi) is 2.82. The zero-order chi connectivity index (χ0) is 12.6. The molecular weight excluding hydrogens is 260 g/mol. The van der Waals surface area contributed by atoms with Crippen LogP contribution in [0.4, 0.5) is 17.6 Å². The van der Waals surface area contributed by atoms with E-state index in [-0.39, 0.29) is 10.8 Å². The van der Waals surface area contributed by atoms with E-state index in [0.29, 0.717) is 10.7 Å². The van der Waals surface area contributed by atoms with Crippen LogP contribution in [0.3, 0.4) is 0 Å². The van der Waals surface area contributed by atoms with Crippen molar-refractivity contribution >= 4 is 11.6 Å². The maximum Gasteiger partial charge on any atom is 0.435 e. The molecule has 2 rings (SSSR count). The van der Waals surface area contributed by atoms with Gasteiger partial charge in [-0.3, -0.25) is 0 Å². The van der Waals surface area contributed by atoms with Gasteiger partial charge in [-0.05, 0) is 12.1 Å². The first kappa shape index (κ1) is 11.9. The van der Waals surface area contributed by atoms with Gasteiger partial charge in [0.05, 0.1) is 0 Å². The Morgan fingerprint density at radius 3 is 2.35 bits per heavy atom. The number of hydrogen-bond donors (Lipinski definition) is 0. The van der Waals surface area contributed by atoms with Gasteiger partial charge in [-0.15, -0.1) is 0 Å². The number of halogens is 5. The lowest BCUT2D eigenvalue weighted by Gasteiger charge is -2.04. The van der Waals surface area contributed by atoms with E-state index in [4.69, 9.17) is 11.6 Å². The van der Waals surface area contributed by atoms with E-state index in [1.807, 2.05) is 0 Å². The number of para-hydroxylation sites is 1.